The summed E-state index contributed by atoms with van der Waals surface area (Å²) >= 11 is 0. The van der Waals surface area contributed by atoms with Crippen LogP contribution < -0.4 is 4.74 Å². The highest BCUT2D eigenvalue weighted by Crippen LogP contribution is 2.28. The summed E-state index contributed by atoms with van der Waals surface area (Å²) in [7, 11) is 0. The first-order valence-electron chi connectivity index (χ1n) is 10.6. The number of aliphatic carboxylic acids is 2. The summed E-state index contributed by atoms with van der Waals surface area (Å²) in [6, 6.07) is 8.68. The molecule has 1 saturated heterocycles. The molecule has 1 fully saturated rings. The lowest BCUT2D eigenvalue weighted by Gasteiger charge is -2.30. The van der Waals surface area contributed by atoms with E-state index >= 15 is 0 Å². The second-order valence-corrected chi connectivity index (χ2v) is 8.48. The van der Waals surface area contributed by atoms with E-state index in [0.717, 1.165) is 31.1 Å². The molecule has 1 aliphatic heterocycles. The molecule has 1 heterocycles. The number of hydrogen-bond donors (Lipinski definition) is 2. The predicted molar refractivity (Wildman–Crippen MR) is 115 cm³/mol. The summed E-state index contributed by atoms with van der Waals surface area (Å²) in [5.41, 5.74) is 1.65. The van der Waals surface area contributed by atoms with Crippen LogP contribution in [0.3, 0.4) is 0 Å². The van der Waals surface area contributed by atoms with E-state index in [2.05, 4.69) is 56.9 Å². The van der Waals surface area contributed by atoms with Gasteiger partial charge in [-0.1, -0.05) is 39.8 Å². The van der Waals surface area contributed by atoms with Crippen molar-refractivity contribution in [2.45, 2.75) is 65.2 Å². The van der Waals surface area contributed by atoms with Crippen LogP contribution >= 0.6 is 0 Å². The van der Waals surface area contributed by atoms with Crippen molar-refractivity contribution in [3.05, 3.63) is 29.8 Å². The highest BCUT2D eigenvalue weighted by molar-refractivity contribution is 6.27. The number of piperidine rings is 1. The lowest BCUT2D eigenvalue weighted by Crippen LogP contribution is -2.35. The number of likely N-dealkylation sites (tertiary alicyclic amines) is 1. The minimum atomic E-state index is -1.82. The molecule has 0 bridgehead atoms. The minimum absolute atomic E-state index is 0.254. The topological polar surface area (TPSA) is 87.1 Å². The van der Waals surface area contributed by atoms with Gasteiger partial charge < -0.3 is 19.8 Å². The smallest absolute Gasteiger partial charge is 0.414 e. The molecule has 0 aromatic heterocycles. The standard InChI is InChI=1S/C21H35NO.C2H2O4/c1-5-21(3,4)19-10-12-20(13-11-19)23-16-7-6-14-22-15-8-9-18(2)17-22;3-1(4)2(5)6/h10-13,18H,5-9,14-17H2,1-4H3;(H,3,4)(H,5,6). The van der Waals surface area contributed by atoms with Crippen molar-refractivity contribution in [1.29, 1.82) is 0 Å². The van der Waals surface area contributed by atoms with E-state index in [1.807, 2.05) is 0 Å². The molecule has 1 atom stereocenters. The van der Waals surface area contributed by atoms with Gasteiger partial charge in [-0.2, -0.15) is 0 Å². The molecule has 6 nitrogen and oxygen atoms in total. The number of carboxylic acids is 2. The molecular formula is C23H37NO5. The Labute approximate surface area is 174 Å². The Morgan fingerprint density at radius 3 is 2.28 bits per heavy atom. The maximum absolute atomic E-state index is 9.10. The van der Waals surface area contributed by atoms with E-state index in [9.17, 15) is 0 Å². The Morgan fingerprint density at radius 2 is 1.76 bits per heavy atom. The van der Waals surface area contributed by atoms with Gasteiger partial charge in [-0.15, -0.1) is 0 Å². The zero-order chi connectivity index (χ0) is 21.9. The number of carboxylic acid groups (broad SMARTS) is 2. The van der Waals surface area contributed by atoms with Crippen molar-refractivity contribution in [2.24, 2.45) is 5.92 Å². The highest BCUT2D eigenvalue weighted by Gasteiger charge is 2.17. The van der Waals surface area contributed by atoms with Crippen LogP contribution in [0.2, 0.25) is 0 Å². The van der Waals surface area contributed by atoms with Crippen LogP contribution in [0.25, 0.3) is 0 Å². The number of carbonyl (C=O) groups is 2. The molecule has 0 spiro atoms. The van der Waals surface area contributed by atoms with Gasteiger partial charge in [0.2, 0.25) is 0 Å². The Morgan fingerprint density at radius 1 is 1.14 bits per heavy atom. The summed E-state index contributed by atoms with van der Waals surface area (Å²) < 4.78 is 5.90. The highest BCUT2D eigenvalue weighted by atomic mass is 16.5. The number of unbranched alkanes of at least 4 members (excludes halogenated alkanes) is 1. The molecule has 1 aromatic rings. The van der Waals surface area contributed by atoms with E-state index in [1.54, 1.807) is 0 Å². The van der Waals surface area contributed by atoms with Gasteiger partial charge >= 0.3 is 11.9 Å². The fourth-order valence-corrected chi connectivity index (χ4v) is 3.32. The van der Waals surface area contributed by atoms with E-state index in [-0.39, 0.29) is 5.41 Å². The van der Waals surface area contributed by atoms with E-state index in [4.69, 9.17) is 24.5 Å². The lowest BCUT2D eigenvalue weighted by molar-refractivity contribution is -0.159. The van der Waals surface area contributed by atoms with Gasteiger partial charge in [-0.3, -0.25) is 0 Å². The fraction of sp³-hybridized carbons (Fsp3) is 0.652. The third-order valence-electron chi connectivity index (χ3n) is 5.58. The average molecular weight is 408 g/mol. The molecule has 2 N–H and O–H groups in total. The van der Waals surface area contributed by atoms with E-state index in [1.165, 1.54) is 44.5 Å². The Hall–Kier alpha value is -2.08. The van der Waals surface area contributed by atoms with Crippen molar-refractivity contribution in [3.8, 4) is 5.75 Å². The number of nitrogens with zero attached hydrogens (tertiary/aromatic N) is 1. The Balaban J connectivity index is 0.000000612. The normalized spacial score (nSPS) is 17.2. The van der Waals surface area contributed by atoms with Crippen molar-refractivity contribution in [1.82, 2.24) is 4.90 Å². The molecule has 0 saturated carbocycles. The van der Waals surface area contributed by atoms with Crippen LogP contribution in [0.1, 0.15) is 65.4 Å². The zero-order valence-corrected chi connectivity index (χ0v) is 18.3. The fourth-order valence-electron chi connectivity index (χ4n) is 3.32. The second-order valence-electron chi connectivity index (χ2n) is 8.48. The summed E-state index contributed by atoms with van der Waals surface area (Å²) in [6.45, 7) is 13.9. The van der Waals surface area contributed by atoms with Gasteiger partial charge in [0.15, 0.2) is 0 Å². The molecule has 6 heteroatoms. The zero-order valence-electron chi connectivity index (χ0n) is 18.3. The Bertz CT molecular complexity index is 615. The largest absolute Gasteiger partial charge is 0.494 e. The SMILES string of the molecule is CCC(C)(C)c1ccc(OCCCCN2CCCC(C)C2)cc1.O=C(O)C(=O)O. The van der Waals surface area contributed by atoms with Crippen LogP contribution in [-0.4, -0.2) is 53.3 Å². The van der Waals surface area contributed by atoms with Crippen LogP contribution in [-0.2, 0) is 15.0 Å². The van der Waals surface area contributed by atoms with Gasteiger partial charge in [0.05, 0.1) is 6.61 Å². The molecule has 164 valence electrons. The monoisotopic (exact) mass is 407 g/mol. The summed E-state index contributed by atoms with van der Waals surface area (Å²) in [5.74, 6) is -1.76. The quantitative estimate of drug-likeness (QED) is 0.490. The number of hydrogen-bond acceptors (Lipinski definition) is 4. The van der Waals surface area contributed by atoms with Gasteiger partial charge in [-0.05, 0) is 74.2 Å². The van der Waals surface area contributed by atoms with Gasteiger partial charge in [0, 0.05) is 6.54 Å². The number of benzene rings is 1. The summed E-state index contributed by atoms with van der Waals surface area (Å²) in [6.07, 6.45) is 6.33. The molecule has 0 aliphatic carbocycles. The van der Waals surface area contributed by atoms with Crippen LogP contribution in [0.5, 0.6) is 5.75 Å². The van der Waals surface area contributed by atoms with Gasteiger partial charge in [-0.25, -0.2) is 9.59 Å². The molecule has 0 amide bonds. The first-order valence-corrected chi connectivity index (χ1v) is 10.6. The Kier molecular flexibility index (Phi) is 10.7. The van der Waals surface area contributed by atoms with Crippen LogP contribution in [0.4, 0.5) is 0 Å². The van der Waals surface area contributed by atoms with Gasteiger partial charge in [0.1, 0.15) is 5.75 Å². The maximum Gasteiger partial charge on any atom is 0.414 e. The molecule has 0 radical (unpaired) electrons. The second kappa shape index (κ2) is 12.5. The lowest BCUT2D eigenvalue weighted by atomic mass is 9.82. The average Bonchev–Trinajstić information content (AvgIpc) is 2.68. The first kappa shape index (κ1) is 25.0. The predicted octanol–water partition coefficient (Wildman–Crippen LogP) is 4.42. The van der Waals surface area contributed by atoms with Crippen molar-refractivity contribution < 1.29 is 24.5 Å². The third-order valence-corrected chi connectivity index (χ3v) is 5.58. The molecule has 1 aromatic carbocycles. The van der Waals surface area contributed by atoms with E-state index in [0.29, 0.717) is 0 Å². The number of ether oxygens (including phenoxy) is 1. The molecule has 29 heavy (non-hydrogen) atoms. The third kappa shape index (κ3) is 9.79. The number of rotatable bonds is 8. The van der Waals surface area contributed by atoms with Crippen molar-refractivity contribution in [2.75, 3.05) is 26.2 Å². The molecule has 1 unspecified atom stereocenters. The maximum atomic E-state index is 9.10. The summed E-state index contributed by atoms with van der Waals surface area (Å²) in [5, 5.41) is 14.8. The van der Waals surface area contributed by atoms with Crippen LogP contribution in [0.15, 0.2) is 24.3 Å². The molecule has 1 aliphatic rings. The molecular weight excluding hydrogens is 370 g/mol. The van der Waals surface area contributed by atoms with Crippen molar-refractivity contribution >= 4 is 11.9 Å². The van der Waals surface area contributed by atoms with Crippen LogP contribution in [0, 0.1) is 5.92 Å². The molecule has 2 rings (SSSR count). The minimum Gasteiger partial charge on any atom is -0.494 e. The van der Waals surface area contributed by atoms with Crippen molar-refractivity contribution in [3.63, 3.8) is 0 Å². The first-order chi connectivity index (χ1) is 13.7. The summed E-state index contributed by atoms with van der Waals surface area (Å²) in [4.78, 5) is 20.8. The van der Waals surface area contributed by atoms with Gasteiger partial charge in [0.25, 0.3) is 0 Å². The van der Waals surface area contributed by atoms with E-state index < -0.39 is 11.9 Å².